The summed E-state index contributed by atoms with van der Waals surface area (Å²) in [6, 6.07) is 8.18. The molecule has 0 aliphatic rings. The fourth-order valence-electron chi connectivity index (χ4n) is 1.33. The number of aromatic hydroxyl groups is 1. The molecule has 2 rings (SSSR count). The lowest BCUT2D eigenvalue weighted by Gasteiger charge is -2.09. The van der Waals surface area contributed by atoms with Gasteiger partial charge in [-0.1, -0.05) is 13.8 Å². The van der Waals surface area contributed by atoms with Crippen LogP contribution in [0.1, 0.15) is 13.8 Å². The van der Waals surface area contributed by atoms with Gasteiger partial charge in [-0.2, -0.15) is 0 Å². The summed E-state index contributed by atoms with van der Waals surface area (Å²) >= 11 is 6.30. The number of rotatable bonds is 3. The van der Waals surface area contributed by atoms with Gasteiger partial charge in [0.15, 0.2) is 0 Å². The van der Waals surface area contributed by atoms with Crippen LogP contribution in [0.3, 0.4) is 0 Å². The van der Waals surface area contributed by atoms with Crippen LogP contribution in [0.2, 0.25) is 0 Å². The molecule has 0 amide bonds. The molecule has 22 heavy (non-hydrogen) atoms. The van der Waals surface area contributed by atoms with Crippen LogP contribution >= 0.6 is 31.9 Å². The first-order valence-electron chi connectivity index (χ1n) is 6.51. The molecule has 0 aromatic heterocycles. The van der Waals surface area contributed by atoms with Gasteiger partial charge in [-0.05, 0) is 62.0 Å². The zero-order valence-corrected chi connectivity index (χ0v) is 15.3. The van der Waals surface area contributed by atoms with Gasteiger partial charge in [-0.3, -0.25) is 0 Å². The van der Waals surface area contributed by atoms with E-state index in [1.165, 1.54) is 24.3 Å². The van der Waals surface area contributed by atoms with Crippen molar-refractivity contribution in [3.05, 3.63) is 57.0 Å². The van der Waals surface area contributed by atoms with E-state index in [1.807, 2.05) is 13.8 Å². The van der Waals surface area contributed by atoms with E-state index in [9.17, 15) is 8.78 Å². The Morgan fingerprint density at radius 1 is 1.00 bits per heavy atom. The maximum absolute atomic E-state index is 12.8. The van der Waals surface area contributed by atoms with E-state index in [-0.39, 0.29) is 11.6 Å². The molecule has 0 heterocycles. The van der Waals surface area contributed by atoms with E-state index in [0.717, 1.165) is 10.5 Å². The first-order chi connectivity index (χ1) is 10.3. The Hall–Kier alpha value is -1.14. The summed E-state index contributed by atoms with van der Waals surface area (Å²) in [5, 5.41) is 8.81. The molecule has 0 saturated carbocycles. The summed E-state index contributed by atoms with van der Waals surface area (Å²) in [6.07, 6.45) is 0. The van der Waals surface area contributed by atoms with Gasteiger partial charge >= 0.3 is 0 Å². The van der Waals surface area contributed by atoms with Crippen molar-refractivity contribution in [1.29, 1.82) is 0 Å². The Labute approximate surface area is 145 Å². The third-order valence-corrected chi connectivity index (χ3v) is 3.70. The van der Waals surface area contributed by atoms with Crippen LogP contribution < -0.4 is 4.74 Å². The predicted molar refractivity (Wildman–Crippen MR) is 90.2 cm³/mol. The second-order valence-corrected chi connectivity index (χ2v) is 6.58. The van der Waals surface area contributed by atoms with Gasteiger partial charge in [-0.25, -0.2) is 8.78 Å². The summed E-state index contributed by atoms with van der Waals surface area (Å²) in [4.78, 5) is 0. The molecule has 0 unspecified atom stereocenters. The molecule has 0 atom stereocenters. The number of hydrogen-bond donors (Lipinski definition) is 1. The first kappa shape index (κ1) is 18.9. The second-order valence-electron chi connectivity index (χ2n) is 4.88. The van der Waals surface area contributed by atoms with Crippen LogP contribution in [-0.4, -0.2) is 11.7 Å². The van der Waals surface area contributed by atoms with E-state index < -0.39 is 5.82 Å². The van der Waals surface area contributed by atoms with Crippen molar-refractivity contribution < 1.29 is 18.6 Å². The molecule has 1 N–H and O–H groups in total. The smallest absolute Gasteiger partial charge is 0.136 e. The number of halogens is 4. The van der Waals surface area contributed by atoms with Crippen molar-refractivity contribution in [3.63, 3.8) is 0 Å². The lowest BCUT2D eigenvalue weighted by atomic mass is 10.2. The Bertz CT molecular complexity index is 619. The standard InChI is InChI=1S/C10H12BrFO.C6H4BrFO/c1-7(2)6-13-10-5-8(12)3-4-9(10)11;7-5-2-1-4(8)3-6(5)9/h3-5,7H,6H2,1-2H3;1-3,9H. The first-order valence-corrected chi connectivity index (χ1v) is 8.10. The number of hydrogen-bond acceptors (Lipinski definition) is 2. The number of phenols is 1. The summed E-state index contributed by atoms with van der Waals surface area (Å²) in [5.74, 6) is 0.219. The highest BCUT2D eigenvalue weighted by Gasteiger charge is 2.03. The summed E-state index contributed by atoms with van der Waals surface area (Å²) in [5.41, 5.74) is 0. The van der Waals surface area contributed by atoms with Crippen molar-refractivity contribution in [1.82, 2.24) is 0 Å². The van der Waals surface area contributed by atoms with Crippen molar-refractivity contribution in [3.8, 4) is 11.5 Å². The zero-order valence-electron chi connectivity index (χ0n) is 12.1. The largest absolute Gasteiger partial charge is 0.507 e. The van der Waals surface area contributed by atoms with Crippen LogP contribution in [0, 0.1) is 17.6 Å². The monoisotopic (exact) mass is 436 g/mol. The van der Waals surface area contributed by atoms with E-state index in [0.29, 0.717) is 22.7 Å². The lowest BCUT2D eigenvalue weighted by molar-refractivity contribution is 0.268. The highest BCUT2D eigenvalue weighted by Crippen LogP contribution is 2.25. The minimum atomic E-state index is -0.435. The molecule has 0 aliphatic carbocycles. The highest BCUT2D eigenvalue weighted by molar-refractivity contribution is 9.10. The van der Waals surface area contributed by atoms with Crippen LogP contribution in [0.4, 0.5) is 8.78 Å². The van der Waals surface area contributed by atoms with Crippen LogP contribution in [0.15, 0.2) is 45.3 Å². The minimum Gasteiger partial charge on any atom is -0.507 e. The van der Waals surface area contributed by atoms with Gasteiger partial charge in [0, 0.05) is 12.1 Å². The predicted octanol–water partition coefficient (Wildman–Crippen LogP) is 5.92. The van der Waals surface area contributed by atoms with Crippen LogP contribution in [-0.2, 0) is 0 Å². The Kier molecular flexibility index (Phi) is 7.82. The van der Waals surface area contributed by atoms with Crippen molar-refractivity contribution >= 4 is 31.9 Å². The molecule has 0 bridgehead atoms. The third-order valence-electron chi connectivity index (χ3n) is 2.37. The van der Waals surface area contributed by atoms with E-state index in [1.54, 1.807) is 6.07 Å². The Morgan fingerprint density at radius 3 is 2.05 bits per heavy atom. The normalized spacial score (nSPS) is 10.1. The molecular formula is C16H16Br2F2O2. The maximum Gasteiger partial charge on any atom is 0.136 e. The molecule has 2 nitrogen and oxygen atoms in total. The van der Waals surface area contributed by atoms with Crippen LogP contribution in [0.5, 0.6) is 11.5 Å². The Balaban J connectivity index is 0.000000235. The zero-order chi connectivity index (χ0) is 16.7. The number of phenolic OH excluding ortho intramolecular Hbond substituents is 1. The average molecular weight is 438 g/mol. The van der Waals surface area contributed by atoms with Gasteiger partial charge in [0.1, 0.15) is 23.1 Å². The third kappa shape index (κ3) is 6.75. The minimum absolute atomic E-state index is 0.0741. The fourth-order valence-corrected chi connectivity index (χ4v) is 1.94. The average Bonchev–Trinajstić information content (AvgIpc) is 2.45. The summed E-state index contributed by atoms with van der Waals surface area (Å²) < 4.78 is 31.6. The van der Waals surface area contributed by atoms with Crippen LogP contribution in [0.25, 0.3) is 0 Å². The van der Waals surface area contributed by atoms with Gasteiger partial charge in [0.2, 0.25) is 0 Å². The number of ether oxygens (including phenoxy) is 1. The number of benzene rings is 2. The lowest BCUT2D eigenvalue weighted by Crippen LogP contribution is -2.04. The topological polar surface area (TPSA) is 29.5 Å². The van der Waals surface area contributed by atoms with Crippen molar-refractivity contribution in [2.75, 3.05) is 6.61 Å². The summed E-state index contributed by atoms with van der Waals surface area (Å²) in [6.45, 7) is 4.70. The quantitative estimate of drug-likeness (QED) is 0.645. The Morgan fingerprint density at radius 2 is 1.55 bits per heavy atom. The van der Waals surface area contributed by atoms with Gasteiger partial charge in [0.05, 0.1) is 15.6 Å². The highest BCUT2D eigenvalue weighted by atomic mass is 79.9. The molecule has 2 aromatic rings. The van der Waals surface area contributed by atoms with Crippen molar-refractivity contribution in [2.45, 2.75) is 13.8 Å². The molecule has 0 aliphatic heterocycles. The molecular weight excluding hydrogens is 422 g/mol. The molecule has 0 spiro atoms. The molecule has 6 heteroatoms. The molecule has 120 valence electrons. The molecule has 0 fully saturated rings. The van der Waals surface area contributed by atoms with Gasteiger partial charge < -0.3 is 9.84 Å². The second kappa shape index (κ2) is 9.10. The molecule has 0 radical (unpaired) electrons. The van der Waals surface area contributed by atoms with E-state index in [4.69, 9.17) is 9.84 Å². The van der Waals surface area contributed by atoms with Crippen molar-refractivity contribution in [2.24, 2.45) is 5.92 Å². The van der Waals surface area contributed by atoms with E-state index in [2.05, 4.69) is 31.9 Å². The van der Waals surface area contributed by atoms with Gasteiger partial charge in [0.25, 0.3) is 0 Å². The SMILES string of the molecule is CC(C)COc1cc(F)ccc1Br.Oc1cc(F)ccc1Br. The van der Waals surface area contributed by atoms with E-state index >= 15 is 0 Å². The summed E-state index contributed by atoms with van der Waals surface area (Å²) in [7, 11) is 0. The van der Waals surface area contributed by atoms with Gasteiger partial charge in [-0.15, -0.1) is 0 Å². The molecule has 0 saturated heterocycles. The maximum atomic E-state index is 12.8. The molecule has 2 aromatic carbocycles. The fraction of sp³-hybridized carbons (Fsp3) is 0.250.